The summed E-state index contributed by atoms with van der Waals surface area (Å²) < 4.78 is 0. The van der Waals surface area contributed by atoms with Gasteiger partial charge >= 0.3 is 0 Å². The maximum Gasteiger partial charge on any atom is 0.0676 e. The highest BCUT2D eigenvalue weighted by atomic mass is 16.3. The first-order valence-electron chi connectivity index (χ1n) is 6.95. The lowest BCUT2D eigenvalue weighted by Crippen LogP contribution is -2.46. The summed E-state index contributed by atoms with van der Waals surface area (Å²) in [5.41, 5.74) is 0.433. The van der Waals surface area contributed by atoms with E-state index in [2.05, 4.69) is 0 Å². The lowest BCUT2D eigenvalue weighted by Gasteiger charge is -2.48. The number of rotatable bonds is 1. The van der Waals surface area contributed by atoms with Crippen LogP contribution in [-0.2, 0) is 0 Å². The van der Waals surface area contributed by atoms with Crippen molar-refractivity contribution in [3.63, 3.8) is 0 Å². The Balaban J connectivity index is 1.63. The average Bonchev–Trinajstić information content (AvgIpc) is 2.57. The van der Waals surface area contributed by atoms with Gasteiger partial charge in [-0.1, -0.05) is 19.3 Å². The van der Waals surface area contributed by atoms with Gasteiger partial charge in [0.25, 0.3) is 0 Å². The monoisotopic (exact) mass is 208 g/mol. The highest BCUT2D eigenvalue weighted by molar-refractivity contribution is 4.99. The molecular formula is C14H24O. The molecule has 0 atom stereocenters. The van der Waals surface area contributed by atoms with E-state index < -0.39 is 0 Å². The highest BCUT2D eigenvalue weighted by Gasteiger charge is 2.47. The van der Waals surface area contributed by atoms with Gasteiger partial charge in [-0.25, -0.2) is 0 Å². The highest BCUT2D eigenvalue weighted by Crippen LogP contribution is 2.54. The van der Waals surface area contributed by atoms with Crippen molar-refractivity contribution in [2.45, 2.75) is 76.2 Å². The molecule has 3 saturated carbocycles. The molecule has 0 saturated heterocycles. The van der Waals surface area contributed by atoms with Gasteiger partial charge in [-0.2, -0.15) is 0 Å². The summed E-state index contributed by atoms with van der Waals surface area (Å²) in [5, 5.41) is 10.6. The molecular weight excluding hydrogens is 184 g/mol. The summed E-state index contributed by atoms with van der Waals surface area (Å²) in [5.74, 6) is 0.663. The van der Waals surface area contributed by atoms with E-state index in [1.807, 2.05) is 0 Å². The van der Waals surface area contributed by atoms with Crippen molar-refractivity contribution in [3.8, 4) is 0 Å². The van der Waals surface area contributed by atoms with Crippen molar-refractivity contribution < 1.29 is 5.11 Å². The summed E-state index contributed by atoms with van der Waals surface area (Å²) in [4.78, 5) is 0. The molecule has 0 unspecified atom stereocenters. The minimum atomic E-state index is -0.244. The minimum Gasteiger partial charge on any atom is -0.390 e. The molecule has 1 spiro atoms. The summed E-state index contributed by atoms with van der Waals surface area (Å²) in [6.45, 7) is 0. The third-order valence-electron chi connectivity index (χ3n) is 5.71. The Hall–Kier alpha value is -0.0400. The molecule has 0 aromatic carbocycles. The van der Waals surface area contributed by atoms with Crippen molar-refractivity contribution in [3.05, 3.63) is 0 Å². The smallest absolute Gasteiger partial charge is 0.0676 e. The SMILES string of the molecule is OC1(C2CCC2)CCC2(CCCC2)CC1. The van der Waals surface area contributed by atoms with E-state index in [1.165, 1.54) is 57.8 Å². The molecule has 3 fully saturated rings. The number of hydrogen-bond acceptors (Lipinski definition) is 1. The first-order chi connectivity index (χ1) is 7.23. The Morgan fingerprint density at radius 2 is 1.33 bits per heavy atom. The van der Waals surface area contributed by atoms with E-state index in [-0.39, 0.29) is 5.60 Å². The average molecular weight is 208 g/mol. The lowest BCUT2D eigenvalue weighted by molar-refractivity contribution is -0.0990. The van der Waals surface area contributed by atoms with Gasteiger partial charge in [0.05, 0.1) is 5.60 Å². The van der Waals surface area contributed by atoms with E-state index in [4.69, 9.17) is 0 Å². The van der Waals surface area contributed by atoms with E-state index in [1.54, 1.807) is 0 Å². The van der Waals surface area contributed by atoms with E-state index >= 15 is 0 Å². The van der Waals surface area contributed by atoms with Crippen molar-refractivity contribution in [2.24, 2.45) is 11.3 Å². The predicted molar refractivity (Wildman–Crippen MR) is 61.7 cm³/mol. The Morgan fingerprint density at radius 1 is 0.733 bits per heavy atom. The zero-order valence-corrected chi connectivity index (χ0v) is 9.80. The summed E-state index contributed by atoms with van der Waals surface area (Å²) in [6, 6.07) is 0. The van der Waals surface area contributed by atoms with Crippen LogP contribution in [0.15, 0.2) is 0 Å². The van der Waals surface area contributed by atoms with Gasteiger partial charge in [-0.05, 0) is 62.7 Å². The van der Waals surface area contributed by atoms with E-state index in [0.29, 0.717) is 11.3 Å². The zero-order chi connectivity index (χ0) is 10.4. The van der Waals surface area contributed by atoms with Crippen LogP contribution in [-0.4, -0.2) is 10.7 Å². The fourth-order valence-corrected chi connectivity index (χ4v) is 4.19. The van der Waals surface area contributed by atoms with Gasteiger partial charge in [0.1, 0.15) is 0 Å². The molecule has 3 aliphatic rings. The predicted octanol–water partition coefficient (Wildman–Crippen LogP) is 3.65. The van der Waals surface area contributed by atoms with Gasteiger partial charge in [-0.3, -0.25) is 0 Å². The molecule has 0 radical (unpaired) electrons. The molecule has 0 aromatic heterocycles. The molecule has 86 valence electrons. The fourth-order valence-electron chi connectivity index (χ4n) is 4.19. The third kappa shape index (κ3) is 1.63. The molecule has 0 heterocycles. The Labute approximate surface area is 93.3 Å². The zero-order valence-electron chi connectivity index (χ0n) is 9.80. The molecule has 0 amide bonds. The van der Waals surface area contributed by atoms with Crippen LogP contribution in [0.4, 0.5) is 0 Å². The molecule has 3 rings (SSSR count). The quantitative estimate of drug-likeness (QED) is 0.697. The Kier molecular flexibility index (Phi) is 2.35. The van der Waals surface area contributed by atoms with Crippen LogP contribution in [0.25, 0.3) is 0 Å². The van der Waals surface area contributed by atoms with Crippen LogP contribution in [0.3, 0.4) is 0 Å². The van der Waals surface area contributed by atoms with Gasteiger partial charge in [0.2, 0.25) is 0 Å². The fraction of sp³-hybridized carbons (Fsp3) is 1.00. The third-order valence-corrected chi connectivity index (χ3v) is 5.71. The van der Waals surface area contributed by atoms with Gasteiger partial charge < -0.3 is 5.11 Å². The second-order valence-corrected chi connectivity index (χ2v) is 6.44. The molecule has 3 aliphatic carbocycles. The number of aliphatic hydroxyl groups is 1. The van der Waals surface area contributed by atoms with Crippen molar-refractivity contribution in [1.82, 2.24) is 0 Å². The van der Waals surface area contributed by atoms with E-state index in [9.17, 15) is 5.11 Å². The summed E-state index contributed by atoms with van der Waals surface area (Å²) in [6.07, 6.45) is 14.6. The molecule has 0 aliphatic heterocycles. The summed E-state index contributed by atoms with van der Waals surface area (Å²) in [7, 11) is 0. The van der Waals surface area contributed by atoms with Crippen LogP contribution in [0, 0.1) is 11.3 Å². The van der Waals surface area contributed by atoms with Crippen LogP contribution in [0.2, 0.25) is 0 Å². The molecule has 0 bridgehead atoms. The van der Waals surface area contributed by atoms with Gasteiger partial charge in [-0.15, -0.1) is 0 Å². The first kappa shape index (κ1) is 10.1. The van der Waals surface area contributed by atoms with Crippen LogP contribution < -0.4 is 0 Å². The second-order valence-electron chi connectivity index (χ2n) is 6.44. The van der Waals surface area contributed by atoms with Crippen LogP contribution >= 0.6 is 0 Å². The molecule has 15 heavy (non-hydrogen) atoms. The maximum absolute atomic E-state index is 10.6. The second kappa shape index (κ2) is 3.48. The van der Waals surface area contributed by atoms with Crippen molar-refractivity contribution in [2.75, 3.05) is 0 Å². The molecule has 1 nitrogen and oxygen atoms in total. The largest absolute Gasteiger partial charge is 0.390 e. The van der Waals surface area contributed by atoms with E-state index in [0.717, 1.165) is 12.8 Å². The minimum absolute atomic E-state index is 0.244. The first-order valence-corrected chi connectivity index (χ1v) is 6.95. The normalized spacial score (nSPS) is 34.2. The van der Waals surface area contributed by atoms with Crippen molar-refractivity contribution >= 4 is 0 Å². The molecule has 1 N–H and O–H groups in total. The molecule has 0 aromatic rings. The maximum atomic E-state index is 10.6. The molecule has 1 heteroatoms. The van der Waals surface area contributed by atoms with Gasteiger partial charge in [0.15, 0.2) is 0 Å². The standard InChI is InChI=1S/C14H24O/c15-14(12-4-3-5-12)10-8-13(9-11-14)6-1-2-7-13/h12,15H,1-11H2. The lowest BCUT2D eigenvalue weighted by atomic mass is 9.60. The topological polar surface area (TPSA) is 20.2 Å². The van der Waals surface area contributed by atoms with Crippen LogP contribution in [0.5, 0.6) is 0 Å². The Morgan fingerprint density at radius 3 is 1.80 bits per heavy atom. The Bertz CT molecular complexity index is 226. The number of hydrogen-bond donors (Lipinski definition) is 1. The summed E-state index contributed by atoms with van der Waals surface area (Å²) >= 11 is 0. The van der Waals surface area contributed by atoms with Crippen molar-refractivity contribution in [1.29, 1.82) is 0 Å². The van der Waals surface area contributed by atoms with Gasteiger partial charge in [0, 0.05) is 0 Å². The van der Waals surface area contributed by atoms with Crippen LogP contribution in [0.1, 0.15) is 70.6 Å².